The van der Waals surface area contributed by atoms with E-state index in [1.165, 1.54) is 6.07 Å². The fraction of sp³-hybridized carbons (Fsp3) is 0. The number of hydrogen-bond donors (Lipinski definition) is 2. The van der Waals surface area contributed by atoms with Crippen LogP contribution in [0.15, 0.2) is 12.1 Å². The topological polar surface area (TPSA) is 57.5 Å². The molecule has 0 bridgehead atoms. The van der Waals surface area contributed by atoms with E-state index in [1.807, 2.05) is 0 Å². The molecular formula is C6H4Cl3O3P. The molecule has 0 atom stereocenters. The van der Waals surface area contributed by atoms with Crippen LogP contribution in [0.2, 0.25) is 15.1 Å². The molecule has 0 amide bonds. The Balaban J connectivity index is 3.44. The van der Waals surface area contributed by atoms with Crippen molar-refractivity contribution in [1.82, 2.24) is 0 Å². The third-order valence-corrected chi connectivity index (χ3v) is 3.75. The summed E-state index contributed by atoms with van der Waals surface area (Å²) in [5.41, 5.74) is 0. The van der Waals surface area contributed by atoms with Crippen LogP contribution in [0.1, 0.15) is 0 Å². The molecule has 0 fully saturated rings. The molecule has 7 heteroatoms. The van der Waals surface area contributed by atoms with E-state index in [9.17, 15) is 4.57 Å². The van der Waals surface area contributed by atoms with Gasteiger partial charge >= 0.3 is 7.60 Å². The largest absolute Gasteiger partial charge is 0.357 e. The van der Waals surface area contributed by atoms with Crippen molar-refractivity contribution in [3.63, 3.8) is 0 Å². The van der Waals surface area contributed by atoms with E-state index in [1.54, 1.807) is 0 Å². The standard InChI is InChI=1S/C6H4Cl3O3P/c7-3-1-2-4(13(10,11)12)6(9)5(3)8/h1-2H,(H2,10,11,12). The molecule has 0 aromatic heterocycles. The van der Waals surface area contributed by atoms with Crippen molar-refractivity contribution in [2.24, 2.45) is 0 Å². The minimum absolute atomic E-state index is 0.0517. The Morgan fingerprint density at radius 3 is 2.08 bits per heavy atom. The Kier molecular flexibility index (Phi) is 3.29. The van der Waals surface area contributed by atoms with Gasteiger partial charge in [-0.05, 0) is 12.1 Å². The van der Waals surface area contributed by atoms with Crippen molar-refractivity contribution >= 4 is 47.7 Å². The molecule has 0 heterocycles. The van der Waals surface area contributed by atoms with Crippen LogP contribution < -0.4 is 5.30 Å². The van der Waals surface area contributed by atoms with E-state index in [2.05, 4.69) is 0 Å². The van der Waals surface area contributed by atoms with Gasteiger partial charge in [0.05, 0.1) is 20.4 Å². The van der Waals surface area contributed by atoms with E-state index < -0.39 is 7.60 Å². The highest BCUT2D eigenvalue weighted by Crippen LogP contribution is 2.40. The smallest absolute Gasteiger partial charge is 0.321 e. The predicted molar refractivity (Wildman–Crippen MR) is 53.2 cm³/mol. The molecule has 0 aliphatic carbocycles. The van der Waals surface area contributed by atoms with Crippen LogP contribution in [-0.4, -0.2) is 9.79 Å². The first-order valence-electron chi connectivity index (χ1n) is 3.03. The van der Waals surface area contributed by atoms with Crippen LogP contribution in [0.5, 0.6) is 0 Å². The van der Waals surface area contributed by atoms with E-state index >= 15 is 0 Å². The Labute approximate surface area is 89.4 Å². The molecule has 0 saturated carbocycles. The second-order valence-electron chi connectivity index (χ2n) is 2.24. The molecule has 0 aliphatic rings. The summed E-state index contributed by atoms with van der Waals surface area (Å²) in [6.07, 6.45) is 0. The fourth-order valence-electron chi connectivity index (χ4n) is 0.741. The molecule has 0 radical (unpaired) electrons. The first-order chi connectivity index (χ1) is 5.84. The third kappa shape index (κ3) is 2.38. The minimum atomic E-state index is -4.38. The van der Waals surface area contributed by atoms with E-state index in [0.29, 0.717) is 0 Å². The quantitative estimate of drug-likeness (QED) is 0.603. The van der Waals surface area contributed by atoms with Gasteiger partial charge in [0.25, 0.3) is 0 Å². The van der Waals surface area contributed by atoms with Gasteiger partial charge in [0.2, 0.25) is 0 Å². The monoisotopic (exact) mass is 260 g/mol. The maximum absolute atomic E-state index is 10.8. The van der Waals surface area contributed by atoms with Crippen LogP contribution in [0, 0.1) is 0 Å². The summed E-state index contributed by atoms with van der Waals surface area (Å²) in [5.74, 6) is 0. The second-order valence-corrected chi connectivity index (χ2v) is 4.97. The summed E-state index contributed by atoms with van der Waals surface area (Å²) in [6.45, 7) is 0. The highest BCUT2D eigenvalue weighted by Gasteiger charge is 2.23. The van der Waals surface area contributed by atoms with E-state index in [-0.39, 0.29) is 20.4 Å². The van der Waals surface area contributed by atoms with Gasteiger partial charge < -0.3 is 9.79 Å². The lowest BCUT2D eigenvalue weighted by Crippen LogP contribution is -2.05. The summed E-state index contributed by atoms with van der Waals surface area (Å²) in [7, 11) is -4.38. The van der Waals surface area contributed by atoms with Crippen molar-refractivity contribution in [3.05, 3.63) is 27.2 Å². The van der Waals surface area contributed by atoms with Crippen LogP contribution >= 0.6 is 42.4 Å². The normalized spacial score (nSPS) is 11.8. The Morgan fingerprint density at radius 2 is 1.62 bits per heavy atom. The summed E-state index contributed by atoms with van der Waals surface area (Å²) < 4.78 is 10.8. The molecule has 2 N–H and O–H groups in total. The molecule has 13 heavy (non-hydrogen) atoms. The molecule has 72 valence electrons. The number of hydrogen-bond acceptors (Lipinski definition) is 1. The zero-order valence-corrected chi connectivity index (χ0v) is 9.20. The van der Waals surface area contributed by atoms with Gasteiger partial charge in [0, 0.05) is 0 Å². The van der Waals surface area contributed by atoms with Crippen molar-refractivity contribution in [1.29, 1.82) is 0 Å². The molecule has 3 nitrogen and oxygen atoms in total. The van der Waals surface area contributed by atoms with Crippen LogP contribution in [-0.2, 0) is 4.57 Å². The Morgan fingerprint density at radius 1 is 1.08 bits per heavy atom. The van der Waals surface area contributed by atoms with Gasteiger partial charge in [-0.3, -0.25) is 4.57 Å². The number of benzene rings is 1. The second kappa shape index (κ2) is 3.77. The van der Waals surface area contributed by atoms with Crippen LogP contribution in [0.25, 0.3) is 0 Å². The SMILES string of the molecule is O=P(O)(O)c1ccc(Cl)c(Cl)c1Cl. The minimum Gasteiger partial charge on any atom is -0.321 e. The molecule has 1 aromatic rings. The van der Waals surface area contributed by atoms with Crippen LogP contribution in [0.3, 0.4) is 0 Å². The summed E-state index contributed by atoms with van der Waals surface area (Å²) in [4.78, 5) is 17.6. The molecule has 1 rings (SSSR count). The Bertz CT molecular complexity index is 387. The lowest BCUT2D eigenvalue weighted by atomic mass is 10.4. The first-order valence-corrected chi connectivity index (χ1v) is 5.78. The van der Waals surface area contributed by atoms with Gasteiger partial charge in [-0.25, -0.2) is 0 Å². The van der Waals surface area contributed by atoms with Gasteiger partial charge in [-0.1, -0.05) is 34.8 Å². The summed E-state index contributed by atoms with van der Waals surface area (Å²) >= 11 is 16.7. The molecule has 0 aliphatic heterocycles. The third-order valence-electron chi connectivity index (χ3n) is 1.33. The van der Waals surface area contributed by atoms with E-state index in [4.69, 9.17) is 44.6 Å². The number of rotatable bonds is 1. The first kappa shape index (κ1) is 11.3. The highest BCUT2D eigenvalue weighted by atomic mass is 35.5. The van der Waals surface area contributed by atoms with Gasteiger partial charge in [0.1, 0.15) is 0 Å². The highest BCUT2D eigenvalue weighted by molar-refractivity contribution is 7.60. The van der Waals surface area contributed by atoms with Gasteiger partial charge in [0.15, 0.2) is 0 Å². The molecule has 0 spiro atoms. The molecular weight excluding hydrogens is 257 g/mol. The van der Waals surface area contributed by atoms with Crippen LogP contribution in [0.4, 0.5) is 0 Å². The molecule has 0 unspecified atom stereocenters. The maximum atomic E-state index is 10.8. The summed E-state index contributed by atoms with van der Waals surface area (Å²) in [6, 6.07) is 2.43. The average Bonchev–Trinajstić information content (AvgIpc) is 1.98. The van der Waals surface area contributed by atoms with Crippen molar-refractivity contribution in [2.75, 3.05) is 0 Å². The van der Waals surface area contributed by atoms with Crippen molar-refractivity contribution in [3.8, 4) is 0 Å². The summed E-state index contributed by atoms with van der Waals surface area (Å²) in [5, 5.41) is -0.418. The average molecular weight is 261 g/mol. The van der Waals surface area contributed by atoms with Gasteiger partial charge in [-0.2, -0.15) is 0 Å². The number of halogens is 3. The lowest BCUT2D eigenvalue weighted by Gasteiger charge is -2.07. The Hall–Kier alpha value is 0.240. The predicted octanol–water partition coefficient (Wildman–Crippen LogP) is 2.45. The van der Waals surface area contributed by atoms with Gasteiger partial charge in [-0.15, -0.1) is 0 Å². The van der Waals surface area contributed by atoms with Crippen molar-refractivity contribution < 1.29 is 14.4 Å². The fourth-order valence-corrected chi connectivity index (χ4v) is 2.31. The lowest BCUT2D eigenvalue weighted by molar-refractivity contribution is 0.387. The van der Waals surface area contributed by atoms with Crippen molar-refractivity contribution in [2.45, 2.75) is 0 Å². The zero-order valence-electron chi connectivity index (χ0n) is 6.04. The molecule has 1 aromatic carbocycles. The molecule has 0 saturated heterocycles. The van der Waals surface area contributed by atoms with E-state index in [0.717, 1.165) is 6.07 Å². The zero-order chi connectivity index (χ0) is 10.2. The maximum Gasteiger partial charge on any atom is 0.357 e.